The molecule has 3 aromatic rings. The summed E-state index contributed by atoms with van der Waals surface area (Å²) < 4.78 is 0. The molecular weight excluding hydrogens is 412 g/mol. The van der Waals surface area contributed by atoms with Crippen molar-refractivity contribution >= 4 is 36.8 Å². The topological polar surface area (TPSA) is 12.0 Å². The Labute approximate surface area is 170 Å². The molecule has 3 aromatic carbocycles. The summed E-state index contributed by atoms with van der Waals surface area (Å²) in [7, 11) is 0. The van der Waals surface area contributed by atoms with Gasteiger partial charge in [-0.2, -0.15) is 0 Å². The van der Waals surface area contributed by atoms with Crippen molar-refractivity contribution in [2.24, 2.45) is 0 Å². The number of hydrogen-bond acceptors (Lipinski definition) is 1. The maximum atomic E-state index is 4.14. The zero-order valence-corrected chi connectivity index (χ0v) is 18.6. The Morgan fingerprint density at radius 3 is 2.30 bits per heavy atom. The average molecular weight is 440 g/mol. The maximum absolute atomic E-state index is 4.14. The van der Waals surface area contributed by atoms with Crippen molar-refractivity contribution in [2.75, 3.05) is 0 Å². The molecule has 3 heteroatoms. The minimum atomic E-state index is -1.57. The molecule has 140 valence electrons. The summed E-state index contributed by atoms with van der Waals surface area (Å²) in [5.41, 5.74) is 0.572. The molecule has 1 aliphatic carbocycles. The van der Waals surface area contributed by atoms with Crippen molar-refractivity contribution in [3.8, 4) is 0 Å². The number of fused-ring (bicyclic) bond motifs is 1. The minimum absolute atomic E-state index is 0.313. The molecule has 0 radical (unpaired) electrons. The molecule has 0 aromatic heterocycles. The van der Waals surface area contributed by atoms with Crippen LogP contribution in [0.15, 0.2) is 72.8 Å². The average Bonchev–Trinajstić information content (AvgIpc) is 2.74. The van der Waals surface area contributed by atoms with Crippen molar-refractivity contribution in [1.29, 1.82) is 0 Å². The van der Waals surface area contributed by atoms with E-state index in [0.717, 1.165) is 5.66 Å². The molecular formula is C24H28NPSe. The van der Waals surface area contributed by atoms with Crippen LogP contribution in [0.2, 0.25) is 0 Å². The number of hydrogen-bond donors (Lipinski definition) is 1. The van der Waals surface area contributed by atoms with Gasteiger partial charge in [0.2, 0.25) is 0 Å². The molecule has 0 saturated heterocycles. The second-order valence-corrected chi connectivity index (χ2v) is 14.2. The van der Waals surface area contributed by atoms with Gasteiger partial charge in [-0.25, -0.2) is 0 Å². The second-order valence-electron chi connectivity index (χ2n) is 7.70. The van der Waals surface area contributed by atoms with Crippen LogP contribution in [-0.4, -0.2) is 20.8 Å². The van der Waals surface area contributed by atoms with Crippen LogP contribution in [0.25, 0.3) is 10.8 Å². The van der Waals surface area contributed by atoms with Gasteiger partial charge in [0.15, 0.2) is 0 Å². The van der Waals surface area contributed by atoms with E-state index < -0.39 is 5.66 Å². The van der Waals surface area contributed by atoms with Gasteiger partial charge in [0, 0.05) is 0 Å². The normalized spacial score (nSPS) is 18.9. The molecule has 4 rings (SSSR count). The monoisotopic (exact) mass is 441 g/mol. The first-order chi connectivity index (χ1) is 13.2. The fourth-order valence-corrected chi connectivity index (χ4v) is 10.8. The van der Waals surface area contributed by atoms with Crippen molar-refractivity contribution in [3.63, 3.8) is 0 Å². The van der Waals surface area contributed by atoms with Gasteiger partial charge in [-0.05, 0) is 0 Å². The van der Waals surface area contributed by atoms with E-state index in [1.807, 2.05) is 0 Å². The Morgan fingerprint density at radius 2 is 1.52 bits per heavy atom. The first kappa shape index (κ1) is 19.2. The van der Waals surface area contributed by atoms with E-state index in [1.165, 1.54) is 53.7 Å². The third kappa shape index (κ3) is 4.01. The molecule has 1 saturated carbocycles. The number of rotatable bonds is 5. The second kappa shape index (κ2) is 8.46. The predicted octanol–water partition coefficient (Wildman–Crippen LogP) is 6.16. The molecule has 1 fully saturated rings. The van der Waals surface area contributed by atoms with Crippen LogP contribution in [0, 0.1) is 0 Å². The summed E-state index contributed by atoms with van der Waals surface area (Å²) in [5, 5.41) is 8.31. The fraction of sp³-hybridized carbons (Fsp3) is 0.333. The molecule has 27 heavy (non-hydrogen) atoms. The third-order valence-electron chi connectivity index (χ3n) is 5.90. The zero-order valence-electron chi connectivity index (χ0n) is 16.0. The van der Waals surface area contributed by atoms with Crippen LogP contribution < -0.4 is 10.4 Å². The van der Waals surface area contributed by atoms with E-state index in [1.54, 1.807) is 0 Å². The van der Waals surface area contributed by atoms with Gasteiger partial charge in [-0.15, -0.1) is 0 Å². The first-order valence-electron chi connectivity index (χ1n) is 10.1. The van der Waals surface area contributed by atoms with Gasteiger partial charge in [-0.1, -0.05) is 0 Å². The van der Waals surface area contributed by atoms with Crippen molar-refractivity contribution in [2.45, 2.75) is 50.7 Å². The summed E-state index contributed by atoms with van der Waals surface area (Å²) >= 11 is 3.73. The van der Waals surface area contributed by atoms with Crippen LogP contribution in [-0.2, 0) is 0 Å². The summed E-state index contributed by atoms with van der Waals surface area (Å²) in [4.78, 5) is 0. The Morgan fingerprint density at radius 1 is 0.852 bits per heavy atom. The van der Waals surface area contributed by atoms with Gasteiger partial charge < -0.3 is 0 Å². The Bertz CT molecular complexity index is 942. The van der Waals surface area contributed by atoms with E-state index >= 15 is 0 Å². The molecule has 1 nitrogen and oxygen atoms in total. The third-order valence-corrected chi connectivity index (χ3v) is 13.2. The van der Waals surface area contributed by atoms with Gasteiger partial charge in [-0.3, -0.25) is 0 Å². The summed E-state index contributed by atoms with van der Waals surface area (Å²) in [6.45, 7) is 2.33. The Balaban J connectivity index is 1.72. The van der Waals surface area contributed by atoms with Crippen LogP contribution in [0.4, 0.5) is 0 Å². The van der Waals surface area contributed by atoms with Crippen molar-refractivity contribution < 1.29 is 0 Å². The Hall–Kier alpha value is -1.17. The number of nitrogens with one attached hydrogen (secondary N) is 1. The first-order valence-corrected chi connectivity index (χ1v) is 14.2. The SMILES string of the molecule is C[C@H](NP(=[Se])(c1ccccc1)C1CCCCC1)c1cccc2ccccc12. The molecule has 1 N–H and O–H groups in total. The molecule has 1 unspecified atom stereocenters. The molecule has 0 heterocycles. The molecule has 0 amide bonds. The predicted molar refractivity (Wildman–Crippen MR) is 121 cm³/mol. The van der Waals surface area contributed by atoms with Crippen LogP contribution >= 0.6 is 5.66 Å². The van der Waals surface area contributed by atoms with E-state index in [0.29, 0.717) is 6.04 Å². The summed E-state index contributed by atoms with van der Waals surface area (Å²) in [6.07, 6.45) is 6.80. The molecule has 0 spiro atoms. The summed E-state index contributed by atoms with van der Waals surface area (Å²) in [5.74, 6) is 0. The van der Waals surface area contributed by atoms with Gasteiger partial charge >= 0.3 is 171 Å². The zero-order chi connectivity index (χ0) is 18.7. The van der Waals surface area contributed by atoms with Gasteiger partial charge in [0.25, 0.3) is 0 Å². The fourth-order valence-electron chi connectivity index (χ4n) is 4.47. The van der Waals surface area contributed by atoms with Gasteiger partial charge in [0.05, 0.1) is 0 Å². The van der Waals surface area contributed by atoms with Crippen molar-refractivity contribution in [3.05, 3.63) is 78.4 Å². The standard InChI is InChI=1S/C24H28NPSe/c1-19(23-18-10-12-20-11-8-9-17-24(20)23)25-26(27,21-13-4-2-5-14-21)22-15-6-3-7-16-22/h2,4-5,8-14,17-19,22H,3,6-7,15-16H2,1H3,(H,25,27)/t19-,26?/m0/s1. The number of benzene rings is 3. The quantitative estimate of drug-likeness (QED) is 0.370. The molecule has 0 aliphatic heterocycles. The molecule has 0 bridgehead atoms. The molecule has 2 atom stereocenters. The van der Waals surface area contributed by atoms with Crippen LogP contribution in [0.5, 0.6) is 0 Å². The van der Waals surface area contributed by atoms with E-state index in [-0.39, 0.29) is 0 Å². The van der Waals surface area contributed by atoms with Gasteiger partial charge in [0.1, 0.15) is 0 Å². The van der Waals surface area contributed by atoms with E-state index in [4.69, 9.17) is 0 Å². The van der Waals surface area contributed by atoms with Crippen LogP contribution in [0.1, 0.15) is 50.6 Å². The Kier molecular flexibility index (Phi) is 6.00. The van der Waals surface area contributed by atoms with Crippen molar-refractivity contribution in [1.82, 2.24) is 5.09 Å². The molecule has 1 aliphatic rings. The van der Waals surface area contributed by atoms with E-state index in [9.17, 15) is 0 Å². The van der Waals surface area contributed by atoms with Crippen LogP contribution in [0.3, 0.4) is 0 Å². The van der Waals surface area contributed by atoms with E-state index in [2.05, 4.69) is 99.9 Å². The summed E-state index contributed by atoms with van der Waals surface area (Å²) in [6, 6.07) is 26.9.